The van der Waals surface area contributed by atoms with Crippen LogP contribution in [-0.4, -0.2) is 19.0 Å². The highest BCUT2D eigenvalue weighted by atomic mass is 16.5. The van der Waals surface area contributed by atoms with Gasteiger partial charge in [0.25, 0.3) is 0 Å². The van der Waals surface area contributed by atoms with Crippen molar-refractivity contribution in [2.75, 3.05) is 7.11 Å². The number of hydrogen-bond acceptors (Lipinski definition) is 2. The van der Waals surface area contributed by atoms with E-state index in [-0.39, 0.29) is 6.10 Å². The smallest absolute Gasteiger partial charge is 0.161 e. The van der Waals surface area contributed by atoms with Gasteiger partial charge in [0.05, 0.1) is 6.10 Å². The number of hydrogen-bond donors (Lipinski definition) is 0. The molecular formula is C18H32O2. The van der Waals surface area contributed by atoms with Crippen LogP contribution in [0.15, 0.2) is 11.1 Å². The maximum absolute atomic E-state index is 12.2. The molecule has 1 unspecified atom stereocenters. The van der Waals surface area contributed by atoms with E-state index in [9.17, 15) is 4.79 Å². The van der Waals surface area contributed by atoms with E-state index >= 15 is 0 Å². The monoisotopic (exact) mass is 280 g/mol. The van der Waals surface area contributed by atoms with Gasteiger partial charge < -0.3 is 4.74 Å². The van der Waals surface area contributed by atoms with Crippen LogP contribution in [0.1, 0.15) is 84.5 Å². The van der Waals surface area contributed by atoms with E-state index in [0.29, 0.717) is 12.2 Å². The van der Waals surface area contributed by atoms with Crippen molar-refractivity contribution in [2.24, 2.45) is 0 Å². The largest absolute Gasteiger partial charge is 0.377 e. The van der Waals surface area contributed by atoms with Crippen LogP contribution in [-0.2, 0) is 9.53 Å². The first-order valence-corrected chi connectivity index (χ1v) is 8.52. The van der Waals surface area contributed by atoms with Crippen molar-refractivity contribution in [1.82, 2.24) is 0 Å². The predicted molar refractivity (Wildman–Crippen MR) is 85.0 cm³/mol. The Morgan fingerprint density at radius 1 is 0.950 bits per heavy atom. The lowest BCUT2D eigenvalue weighted by Crippen LogP contribution is -2.10. The second-order valence-corrected chi connectivity index (χ2v) is 5.98. The first kappa shape index (κ1) is 17.4. The van der Waals surface area contributed by atoms with Crippen LogP contribution in [0.5, 0.6) is 0 Å². The molecule has 0 saturated carbocycles. The molecule has 0 bridgehead atoms. The molecule has 1 aliphatic rings. The van der Waals surface area contributed by atoms with Gasteiger partial charge in [-0.25, -0.2) is 0 Å². The van der Waals surface area contributed by atoms with Crippen LogP contribution in [0.2, 0.25) is 0 Å². The van der Waals surface area contributed by atoms with Crippen molar-refractivity contribution in [1.29, 1.82) is 0 Å². The zero-order chi connectivity index (χ0) is 14.8. The van der Waals surface area contributed by atoms with Gasteiger partial charge in [0.1, 0.15) is 0 Å². The third-order valence-electron chi connectivity index (χ3n) is 4.35. The molecule has 1 aliphatic carbocycles. The third kappa shape index (κ3) is 5.40. The Bertz CT molecular complexity index is 317. The van der Waals surface area contributed by atoms with Crippen molar-refractivity contribution in [3.63, 3.8) is 0 Å². The number of Topliss-reactive ketones (excluding diaryl/α,β-unsaturated/α-hetero) is 1. The van der Waals surface area contributed by atoms with Gasteiger partial charge in [-0.3, -0.25) is 4.79 Å². The second-order valence-electron chi connectivity index (χ2n) is 5.98. The number of carbonyl (C=O) groups excluding carboxylic acids is 1. The molecule has 0 spiro atoms. The van der Waals surface area contributed by atoms with E-state index in [1.165, 1.54) is 50.5 Å². The third-order valence-corrected chi connectivity index (χ3v) is 4.35. The molecule has 0 amide bonds. The predicted octanol–water partition coefficient (Wildman–Crippen LogP) is 5.21. The molecule has 2 nitrogen and oxygen atoms in total. The first-order valence-electron chi connectivity index (χ1n) is 8.52. The summed E-state index contributed by atoms with van der Waals surface area (Å²) in [5.41, 5.74) is 2.44. The first-order chi connectivity index (χ1) is 9.74. The molecule has 1 atom stereocenters. The Labute approximate surface area is 125 Å². The van der Waals surface area contributed by atoms with Crippen LogP contribution in [0.3, 0.4) is 0 Å². The van der Waals surface area contributed by atoms with Crippen molar-refractivity contribution >= 4 is 5.78 Å². The van der Waals surface area contributed by atoms with E-state index in [2.05, 4.69) is 13.8 Å². The molecule has 0 aromatic carbocycles. The quantitative estimate of drug-likeness (QED) is 0.485. The highest BCUT2D eigenvalue weighted by Crippen LogP contribution is 2.32. The molecule has 0 radical (unpaired) electrons. The lowest BCUT2D eigenvalue weighted by Gasteiger charge is -2.13. The lowest BCUT2D eigenvalue weighted by atomic mass is 9.98. The molecule has 0 N–H and O–H groups in total. The van der Waals surface area contributed by atoms with Crippen LogP contribution >= 0.6 is 0 Å². The lowest BCUT2D eigenvalue weighted by molar-refractivity contribution is -0.116. The summed E-state index contributed by atoms with van der Waals surface area (Å²) in [4.78, 5) is 12.2. The molecule has 2 heteroatoms. The van der Waals surface area contributed by atoms with Gasteiger partial charge in [-0.1, -0.05) is 52.4 Å². The molecule has 116 valence electrons. The topological polar surface area (TPSA) is 26.3 Å². The molecule has 0 fully saturated rings. The SMILES string of the molecule is CCCCCCC1=C(CCCCCC)C(OC)CC1=O. The van der Waals surface area contributed by atoms with Gasteiger partial charge in [-0.15, -0.1) is 0 Å². The fraction of sp³-hybridized carbons (Fsp3) is 0.833. The van der Waals surface area contributed by atoms with Crippen LogP contribution in [0.4, 0.5) is 0 Å². The van der Waals surface area contributed by atoms with Gasteiger partial charge in [0, 0.05) is 13.5 Å². The zero-order valence-corrected chi connectivity index (χ0v) is 13.7. The molecule has 0 aromatic rings. The summed E-state index contributed by atoms with van der Waals surface area (Å²) >= 11 is 0. The summed E-state index contributed by atoms with van der Waals surface area (Å²) in [5.74, 6) is 0.346. The van der Waals surface area contributed by atoms with Crippen LogP contribution < -0.4 is 0 Å². The number of unbranched alkanes of at least 4 members (excludes halogenated alkanes) is 6. The fourth-order valence-corrected chi connectivity index (χ4v) is 3.10. The summed E-state index contributed by atoms with van der Waals surface area (Å²) in [6.07, 6.45) is 12.7. The minimum Gasteiger partial charge on any atom is -0.377 e. The number of carbonyl (C=O) groups is 1. The molecule has 0 saturated heterocycles. The van der Waals surface area contributed by atoms with Gasteiger partial charge in [0.2, 0.25) is 0 Å². The number of ketones is 1. The zero-order valence-electron chi connectivity index (χ0n) is 13.7. The van der Waals surface area contributed by atoms with E-state index < -0.39 is 0 Å². The molecule has 0 aliphatic heterocycles. The van der Waals surface area contributed by atoms with E-state index in [0.717, 1.165) is 24.8 Å². The number of methoxy groups -OCH3 is 1. The number of rotatable bonds is 11. The van der Waals surface area contributed by atoms with Gasteiger partial charge >= 0.3 is 0 Å². The summed E-state index contributed by atoms with van der Waals surface area (Å²) in [5, 5.41) is 0. The Balaban J connectivity index is 2.55. The highest BCUT2D eigenvalue weighted by Gasteiger charge is 2.30. The van der Waals surface area contributed by atoms with Gasteiger partial charge in [-0.05, 0) is 36.8 Å². The van der Waals surface area contributed by atoms with Gasteiger partial charge in [0.15, 0.2) is 5.78 Å². The average Bonchev–Trinajstić information content (AvgIpc) is 2.76. The summed E-state index contributed by atoms with van der Waals surface area (Å²) in [7, 11) is 1.74. The van der Waals surface area contributed by atoms with Crippen LogP contribution in [0.25, 0.3) is 0 Å². The van der Waals surface area contributed by atoms with Crippen molar-refractivity contribution < 1.29 is 9.53 Å². The fourth-order valence-electron chi connectivity index (χ4n) is 3.10. The minimum atomic E-state index is 0.0744. The van der Waals surface area contributed by atoms with Gasteiger partial charge in [-0.2, -0.15) is 0 Å². The normalized spacial score (nSPS) is 19.1. The van der Waals surface area contributed by atoms with Crippen molar-refractivity contribution in [3.8, 4) is 0 Å². The van der Waals surface area contributed by atoms with E-state index in [4.69, 9.17) is 4.74 Å². The minimum absolute atomic E-state index is 0.0744. The van der Waals surface area contributed by atoms with Crippen LogP contribution in [0, 0.1) is 0 Å². The maximum Gasteiger partial charge on any atom is 0.161 e. The number of allylic oxidation sites excluding steroid dienone is 1. The van der Waals surface area contributed by atoms with Crippen molar-refractivity contribution in [3.05, 3.63) is 11.1 Å². The Morgan fingerprint density at radius 2 is 1.55 bits per heavy atom. The second kappa shape index (κ2) is 10.1. The number of ether oxygens (including phenoxy) is 1. The Kier molecular flexibility index (Phi) is 8.84. The molecule has 0 aromatic heterocycles. The van der Waals surface area contributed by atoms with E-state index in [1.807, 2.05) is 0 Å². The van der Waals surface area contributed by atoms with E-state index in [1.54, 1.807) is 7.11 Å². The highest BCUT2D eigenvalue weighted by molar-refractivity contribution is 5.99. The average molecular weight is 280 g/mol. The summed E-state index contributed by atoms with van der Waals surface area (Å²) < 4.78 is 5.53. The summed E-state index contributed by atoms with van der Waals surface area (Å²) in [6, 6.07) is 0. The Hall–Kier alpha value is -0.630. The molecule has 1 rings (SSSR count). The molecular weight excluding hydrogens is 248 g/mol. The molecule has 0 heterocycles. The van der Waals surface area contributed by atoms with Crippen molar-refractivity contribution in [2.45, 2.75) is 90.6 Å². The Morgan fingerprint density at radius 3 is 2.10 bits per heavy atom. The molecule has 20 heavy (non-hydrogen) atoms. The summed E-state index contributed by atoms with van der Waals surface area (Å²) in [6.45, 7) is 4.45. The standard InChI is InChI=1S/C18H32O2/c1-4-6-8-10-12-15-16(13-11-9-7-5-2)18(20-3)14-17(15)19/h18H,4-14H2,1-3H3. The maximum atomic E-state index is 12.2.